The molecule has 0 saturated heterocycles. The lowest BCUT2D eigenvalue weighted by Crippen LogP contribution is -2.35. The van der Waals surface area contributed by atoms with Gasteiger partial charge in [0, 0.05) is 19.2 Å². The molecular formula is C22H31NO5S. The maximum Gasteiger partial charge on any atom is 0.243 e. The van der Waals surface area contributed by atoms with Crippen molar-refractivity contribution in [1.82, 2.24) is 4.31 Å². The summed E-state index contributed by atoms with van der Waals surface area (Å²) in [5.41, 5.74) is 0.643. The molecule has 2 aromatic carbocycles. The SMILES string of the molecule is CCCCCCCCN(CC(O)c1ccccc1)S(=O)(=O)c1ccc(O)c(O)c1. The third kappa shape index (κ3) is 6.73. The van der Waals surface area contributed by atoms with Gasteiger partial charge in [0.15, 0.2) is 11.5 Å². The molecule has 29 heavy (non-hydrogen) atoms. The van der Waals surface area contributed by atoms with E-state index < -0.39 is 21.9 Å². The standard InChI is InChI=1S/C22H31NO5S/c1-2-3-4-5-6-10-15-23(17-22(26)18-11-8-7-9-12-18)29(27,28)19-13-14-20(24)21(25)16-19/h7-9,11-14,16,22,24-26H,2-6,10,15,17H2,1H3. The summed E-state index contributed by atoms with van der Waals surface area (Å²) in [4.78, 5) is -0.112. The van der Waals surface area contributed by atoms with Crippen LogP contribution in [0.1, 0.15) is 57.1 Å². The van der Waals surface area contributed by atoms with Crippen LogP contribution < -0.4 is 0 Å². The van der Waals surface area contributed by atoms with Crippen LogP contribution in [-0.2, 0) is 10.0 Å². The average Bonchev–Trinajstić information content (AvgIpc) is 2.72. The molecule has 0 radical (unpaired) electrons. The largest absolute Gasteiger partial charge is 0.504 e. The van der Waals surface area contributed by atoms with Crippen molar-refractivity contribution in [2.24, 2.45) is 0 Å². The van der Waals surface area contributed by atoms with Gasteiger partial charge in [0.25, 0.3) is 0 Å². The van der Waals surface area contributed by atoms with Crippen LogP contribution in [0.5, 0.6) is 11.5 Å². The third-order valence-electron chi connectivity index (χ3n) is 4.91. The van der Waals surface area contributed by atoms with Crippen LogP contribution >= 0.6 is 0 Å². The quantitative estimate of drug-likeness (QED) is 0.353. The van der Waals surface area contributed by atoms with Gasteiger partial charge in [-0.2, -0.15) is 4.31 Å². The van der Waals surface area contributed by atoms with Gasteiger partial charge in [-0.05, 0) is 24.1 Å². The smallest absolute Gasteiger partial charge is 0.243 e. The van der Waals surface area contributed by atoms with Gasteiger partial charge in [0.2, 0.25) is 10.0 Å². The summed E-state index contributed by atoms with van der Waals surface area (Å²) < 4.78 is 27.6. The third-order valence-corrected chi connectivity index (χ3v) is 6.77. The van der Waals surface area contributed by atoms with Crippen molar-refractivity contribution in [3.05, 3.63) is 54.1 Å². The first-order valence-corrected chi connectivity index (χ1v) is 11.6. The van der Waals surface area contributed by atoms with E-state index in [-0.39, 0.29) is 23.7 Å². The van der Waals surface area contributed by atoms with Crippen molar-refractivity contribution in [1.29, 1.82) is 0 Å². The fourth-order valence-electron chi connectivity index (χ4n) is 3.16. The summed E-state index contributed by atoms with van der Waals surface area (Å²) in [6.45, 7) is 2.34. The number of sulfonamides is 1. The molecule has 2 aromatic rings. The number of unbranched alkanes of at least 4 members (excludes halogenated alkanes) is 5. The molecule has 0 aliphatic carbocycles. The summed E-state index contributed by atoms with van der Waals surface area (Å²) in [7, 11) is -3.94. The van der Waals surface area contributed by atoms with E-state index in [9.17, 15) is 23.7 Å². The van der Waals surface area contributed by atoms with Crippen molar-refractivity contribution in [2.45, 2.75) is 56.4 Å². The Morgan fingerprint density at radius 1 is 0.897 bits per heavy atom. The predicted octanol–water partition coefficient (Wildman–Crippen LogP) is 4.18. The number of phenolic OH excluding ortho intramolecular Hbond substituents is 2. The molecule has 160 valence electrons. The Bertz CT molecular complexity index is 855. The Hall–Kier alpha value is -2.09. The molecule has 0 spiro atoms. The monoisotopic (exact) mass is 421 g/mol. The first kappa shape index (κ1) is 23.2. The Morgan fingerprint density at radius 2 is 1.55 bits per heavy atom. The van der Waals surface area contributed by atoms with Crippen molar-refractivity contribution in [2.75, 3.05) is 13.1 Å². The fourth-order valence-corrected chi connectivity index (χ4v) is 4.67. The van der Waals surface area contributed by atoms with Crippen molar-refractivity contribution in [3.63, 3.8) is 0 Å². The topological polar surface area (TPSA) is 98.1 Å². The zero-order chi connectivity index (χ0) is 21.3. The minimum absolute atomic E-state index is 0.0804. The molecule has 0 bridgehead atoms. The molecule has 1 unspecified atom stereocenters. The average molecular weight is 422 g/mol. The lowest BCUT2D eigenvalue weighted by molar-refractivity contribution is 0.147. The van der Waals surface area contributed by atoms with Gasteiger partial charge in [-0.25, -0.2) is 8.42 Å². The minimum Gasteiger partial charge on any atom is -0.504 e. The Labute approximate surface area is 173 Å². The first-order chi connectivity index (χ1) is 13.9. The van der Waals surface area contributed by atoms with Crippen molar-refractivity contribution < 1.29 is 23.7 Å². The minimum atomic E-state index is -3.94. The lowest BCUT2D eigenvalue weighted by Gasteiger charge is -2.25. The highest BCUT2D eigenvalue weighted by molar-refractivity contribution is 7.89. The second kappa shape index (κ2) is 11.2. The first-order valence-electron chi connectivity index (χ1n) is 10.1. The van der Waals surface area contributed by atoms with E-state index in [1.54, 1.807) is 24.3 Å². The second-order valence-corrected chi connectivity index (χ2v) is 9.15. The molecule has 0 heterocycles. The summed E-state index contributed by atoms with van der Waals surface area (Å²) >= 11 is 0. The van der Waals surface area contributed by atoms with E-state index in [4.69, 9.17) is 0 Å². The fraction of sp³-hybridized carbons (Fsp3) is 0.455. The summed E-state index contributed by atoms with van der Waals surface area (Å²) in [5.74, 6) is -0.870. The van der Waals surface area contributed by atoms with Crippen LogP contribution in [0.15, 0.2) is 53.4 Å². The Kier molecular flexibility index (Phi) is 8.95. The van der Waals surface area contributed by atoms with Crippen LogP contribution in [0.25, 0.3) is 0 Å². The molecule has 0 saturated carbocycles. The molecule has 0 aliphatic heterocycles. The molecule has 7 heteroatoms. The molecule has 2 rings (SSSR count). The number of aliphatic hydroxyl groups is 1. The van der Waals surface area contributed by atoms with E-state index in [0.717, 1.165) is 37.8 Å². The lowest BCUT2D eigenvalue weighted by atomic mass is 10.1. The number of aromatic hydroxyl groups is 2. The van der Waals surface area contributed by atoms with Crippen molar-refractivity contribution in [3.8, 4) is 11.5 Å². The van der Waals surface area contributed by atoms with Crippen LogP contribution in [0.4, 0.5) is 0 Å². The number of hydrogen-bond donors (Lipinski definition) is 3. The molecule has 6 nitrogen and oxygen atoms in total. The van der Waals surface area contributed by atoms with Crippen molar-refractivity contribution >= 4 is 10.0 Å². The van der Waals surface area contributed by atoms with E-state index in [2.05, 4.69) is 6.92 Å². The van der Waals surface area contributed by atoms with E-state index in [1.165, 1.54) is 16.8 Å². The van der Waals surface area contributed by atoms with Gasteiger partial charge in [0.05, 0.1) is 11.0 Å². The maximum atomic E-state index is 13.2. The van der Waals surface area contributed by atoms with E-state index >= 15 is 0 Å². The molecule has 0 amide bonds. The highest BCUT2D eigenvalue weighted by atomic mass is 32.2. The molecule has 0 aromatic heterocycles. The molecular weight excluding hydrogens is 390 g/mol. The maximum absolute atomic E-state index is 13.2. The zero-order valence-electron chi connectivity index (χ0n) is 16.9. The number of benzene rings is 2. The van der Waals surface area contributed by atoms with Gasteiger partial charge >= 0.3 is 0 Å². The molecule has 0 aliphatic rings. The number of rotatable bonds is 12. The Morgan fingerprint density at radius 3 is 2.21 bits per heavy atom. The number of hydrogen-bond acceptors (Lipinski definition) is 5. The summed E-state index contributed by atoms with van der Waals surface area (Å²) in [5, 5.41) is 29.8. The normalized spacial score (nSPS) is 12.9. The predicted molar refractivity (Wildman–Crippen MR) is 113 cm³/mol. The van der Waals surface area contributed by atoms with Crippen LogP contribution in [0.3, 0.4) is 0 Å². The number of aliphatic hydroxyl groups excluding tert-OH is 1. The van der Waals surface area contributed by atoms with E-state index in [0.29, 0.717) is 12.0 Å². The highest BCUT2D eigenvalue weighted by Gasteiger charge is 2.27. The number of phenols is 2. The molecule has 1 atom stereocenters. The van der Waals surface area contributed by atoms with Gasteiger partial charge in [0.1, 0.15) is 0 Å². The number of nitrogens with zero attached hydrogens (tertiary/aromatic N) is 1. The van der Waals surface area contributed by atoms with Gasteiger partial charge < -0.3 is 15.3 Å². The highest BCUT2D eigenvalue weighted by Crippen LogP contribution is 2.29. The second-order valence-electron chi connectivity index (χ2n) is 7.21. The van der Waals surface area contributed by atoms with Crippen LogP contribution in [0, 0.1) is 0 Å². The molecule has 0 fully saturated rings. The summed E-state index contributed by atoms with van der Waals surface area (Å²) in [6.07, 6.45) is 5.13. The van der Waals surface area contributed by atoms with Gasteiger partial charge in [-0.1, -0.05) is 69.4 Å². The van der Waals surface area contributed by atoms with Gasteiger partial charge in [-0.15, -0.1) is 0 Å². The Balaban J connectivity index is 2.16. The zero-order valence-corrected chi connectivity index (χ0v) is 17.7. The van der Waals surface area contributed by atoms with Crippen LogP contribution in [0.2, 0.25) is 0 Å². The van der Waals surface area contributed by atoms with E-state index in [1.807, 2.05) is 6.07 Å². The van der Waals surface area contributed by atoms with Gasteiger partial charge in [-0.3, -0.25) is 0 Å². The molecule has 3 N–H and O–H groups in total. The van der Waals surface area contributed by atoms with Crippen LogP contribution in [-0.4, -0.2) is 41.1 Å². The summed E-state index contributed by atoms with van der Waals surface area (Å²) in [6, 6.07) is 12.4.